The molecule has 0 unspecified atom stereocenters. The van der Waals surface area contributed by atoms with Crippen LogP contribution in [-0.2, 0) is 27.5 Å². The van der Waals surface area contributed by atoms with Crippen molar-refractivity contribution in [2.24, 2.45) is 0 Å². The minimum atomic E-state index is -5.17. The predicted molar refractivity (Wildman–Crippen MR) is 33.6 cm³/mol. The summed E-state index contributed by atoms with van der Waals surface area (Å²) in [6, 6.07) is 0. The molecule has 0 fully saturated rings. The van der Waals surface area contributed by atoms with Crippen molar-refractivity contribution in [2.75, 3.05) is 0 Å². The molecule has 0 aliphatic carbocycles. The maximum atomic E-state index is 8.52. The van der Waals surface area contributed by atoms with Crippen LogP contribution in [-0.4, -0.2) is 44.9 Å². The Morgan fingerprint density at radius 1 is 0.750 bits per heavy atom. The second kappa shape index (κ2) is 30.4. The van der Waals surface area contributed by atoms with Crippen LogP contribution in [0.3, 0.4) is 0 Å². The van der Waals surface area contributed by atoms with Crippen LogP contribution < -0.4 is 6.15 Å². The largest absolute Gasteiger partial charge is 2.00 e. The third kappa shape index (κ3) is 38000. The zero-order chi connectivity index (χ0) is 4.50. The average Bonchev–Trinajstić information content (AvgIpc) is 0.722. The van der Waals surface area contributed by atoms with Crippen molar-refractivity contribution in [1.29, 1.82) is 0 Å². The maximum Gasteiger partial charge on any atom is 2.00 e. The van der Waals surface area contributed by atoms with Crippen LogP contribution in [0.5, 0.6) is 0 Å². The summed E-state index contributed by atoms with van der Waals surface area (Å²) in [7, 11) is -5.17. The molecule has 0 aliphatic rings. The van der Waals surface area contributed by atoms with Gasteiger partial charge >= 0.3 is 17.1 Å². The molecule has 0 rings (SSSR count). The number of hydrogen-bond donors (Lipinski definition) is 1. The van der Waals surface area contributed by atoms with Crippen molar-refractivity contribution in [3.63, 3.8) is 0 Å². The molecule has 13 N–H and O–H groups in total. The van der Waals surface area contributed by atoms with E-state index in [1.54, 1.807) is 0 Å². The van der Waals surface area contributed by atoms with Crippen molar-refractivity contribution in [3.8, 4) is 0 Å². The molecule has 0 amide bonds. The first-order valence-corrected chi connectivity index (χ1v) is 2.00. The van der Waals surface area contributed by atoms with Crippen molar-refractivity contribution in [1.82, 2.24) is 6.15 Å². The van der Waals surface area contributed by atoms with E-state index in [4.69, 9.17) is 17.5 Å². The first kappa shape index (κ1) is 87.7. The van der Waals surface area contributed by atoms with Gasteiger partial charge in [0.25, 0.3) is 0 Å². The molecule has 0 saturated carbocycles. The predicted octanol–water partition coefficient (Wildman–Crippen LogP) is -5.30. The van der Waals surface area contributed by atoms with Gasteiger partial charge in [-0.15, -0.1) is 0 Å². The fourth-order valence-corrected chi connectivity index (χ4v) is 0. The van der Waals surface area contributed by atoms with E-state index in [2.05, 4.69) is 0 Å². The Morgan fingerprint density at radius 2 is 0.750 bits per heavy atom. The molecule has 1 radical (unpaired) electrons. The molecule has 0 heterocycles. The second-order valence-corrected chi connectivity index (χ2v) is 1.22. The van der Waals surface area contributed by atoms with Crippen molar-refractivity contribution in [2.45, 2.75) is 0 Å². The average molecular weight is 267 g/mol. The van der Waals surface area contributed by atoms with Gasteiger partial charge in [-0.1, -0.05) is 0 Å². The van der Waals surface area contributed by atoms with Crippen molar-refractivity contribution in [3.05, 3.63) is 0 Å². The van der Waals surface area contributed by atoms with E-state index in [9.17, 15) is 0 Å². The molecule has 89 valence electrons. The summed E-state index contributed by atoms with van der Waals surface area (Å²) < 4.78 is 34.1. The quantitative estimate of drug-likeness (QED) is 0.254. The molecule has 0 spiro atoms. The first-order chi connectivity index (χ1) is 2.00. The normalized spacial score (nSPS) is 4.83. The molecule has 0 atom stereocenters. The van der Waals surface area contributed by atoms with Crippen molar-refractivity contribution >= 4 is 10.4 Å². The summed E-state index contributed by atoms with van der Waals surface area (Å²) in [5.41, 5.74) is 0. The molecular weight excluding hydrogens is 254 g/mol. The zero-order valence-corrected chi connectivity index (χ0v) is 7.31. The van der Waals surface area contributed by atoms with Crippen molar-refractivity contribution < 1.29 is 62.0 Å². The van der Waals surface area contributed by atoms with E-state index in [0.717, 1.165) is 0 Å². The zero-order valence-electron chi connectivity index (χ0n) is 5.55. The SMILES string of the molecule is N.O.O.O.O.O.O=S(=O)([O-])[O-].[Cu+2]. The van der Waals surface area contributed by atoms with E-state index in [1.165, 1.54) is 0 Å². The van der Waals surface area contributed by atoms with E-state index < -0.39 is 10.4 Å². The Labute approximate surface area is 79.1 Å². The summed E-state index contributed by atoms with van der Waals surface area (Å²) >= 11 is 0. The molecular formula is H13CuNO9S. The minimum absolute atomic E-state index is 0. The van der Waals surface area contributed by atoms with E-state index >= 15 is 0 Å². The van der Waals surface area contributed by atoms with Gasteiger partial charge in [-0.2, -0.15) is 0 Å². The van der Waals surface area contributed by atoms with Crippen LogP contribution in [0.2, 0.25) is 0 Å². The first-order valence-electron chi connectivity index (χ1n) is 0.667. The van der Waals surface area contributed by atoms with Crippen LogP contribution in [0, 0.1) is 0 Å². The summed E-state index contributed by atoms with van der Waals surface area (Å²) in [6.07, 6.45) is 0. The van der Waals surface area contributed by atoms with E-state index in [-0.39, 0.29) is 50.6 Å². The molecule has 0 bridgehead atoms. The fourth-order valence-electron chi connectivity index (χ4n) is 0. The molecule has 10 nitrogen and oxygen atoms in total. The molecule has 0 saturated heterocycles. The van der Waals surface area contributed by atoms with Gasteiger partial charge in [0.05, 0.1) is 0 Å². The van der Waals surface area contributed by atoms with Gasteiger partial charge in [0.15, 0.2) is 0 Å². The smallest absolute Gasteiger partial charge is 0.759 e. The summed E-state index contributed by atoms with van der Waals surface area (Å²) in [6.45, 7) is 0. The molecule has 0 aromatic heterocycles. The minimum Gasteiger partial charge on any atom is -0.759 e. The summed E-state index contributed by atoms with van der Waals surface area (Å²) in [5.74, 6) is 0. The Balaban J connectivity index is -0.00000000381. The van der Waals surface area contributed by atoms with Crippen LogP contribution >= 0.6 is 0 Å². The van der Waals surface area contributed by atoms with Gasteiger partial charge < -0.3 is 42.6 Å². The van der Waals surface area contributed by atoms with Crippen LogP contribution in [0.4, 0.5) is 0 Å². The number of rotatable bonds is 0. The Bertz CT molecular complexity index is 97.7. The second-order valence-electron chi connectivity index (χ2n) is 0.408. The van der Waals surface area contributed by atoms with Gasteiger partial charge in [0.1, 0.15) is 0 Å². The Hall–Kier alpha value is 0.149. The third-order valence-corrected chi connectivity index (χ3v) is 0. The van der Waals surface area contributed by atoms with E-state index in [0.29, 0.717) is 0 Å². The topological polar surface area (TPSA) is 273 Å². The maximum absolute atomic E-state index is 8.52. The summed E-state index contributed by atoms with van der Waals surface area (Å²) in [4.78, 5) is 0. The van der Waals surface area contributed by atoms with E-state index in [1.807, 2.05) is 0 Å². The molecule has 12 heavy (non-hydrogen) atoms. The van der Waals surface area contributed by atoms with Crippen LogP contribution in [0.1, 0.15) is 0 Å². The molecule has 12 heteroatoms. The van der Waals surface area contributed by atoms with Gasteiger partial charge in [-0.25, -0.2) is 0 Å². The van der Waals surface area contributed by atoms with Gasteiger partial charge in [0.2, 0.25) is 0 Å². The Morgan fingerprint density at radius 3 is 0.750 bits per heavy atom. The summed E-state index contributed by atoms with van der Waals surface area (Å²) in [5, 5.41) is 0. The Kier molecular flexibility index (Phi) is 222. The molecule has 0 aromatic carbocycles. The number of hydrogen-bond acceptors (Lipinski definition) is 5. The molecule has 0 aromatic rings. The third-order valence-electron chi connectivity index (χ3n) is 0. The molecule has 0 aliphatic heterocycles. The van der Waals surface area contributed by atoms with Gasteiger partial charge in [-0.05, 0) is 0 Å². The monoisotopic (exact) mass is 266 g/mol. The van der Waals surface area contributed by atoms with Crippen LogP contribution in [0.25, 0.3) is 0 Å². The standard InChI is InChI=1S/Cu.H3N.H2O4S.5H2O/c;;1-5(2,3)4;;;;;/h;1H3;(H2,1,2,3,4);5*1H2/q+2;;;;;;;/p-2. The fraction of sp³-hybridized carbons (Fsp3) is 0. The van der Waals surface area contributed by atoms with Crippen LogP contribution in [0.15, 0.2) is 0 Å². The van der Waals surface area contributed by atoms with Gasteiger partial charge in [-0.3, -0.25) is 8.42 Å². The van der Waals surface area contributed by atoms with Gasteiger partial charge in [0, 0.05) is 10.4 Å².